The van der Waals surface area contributed by atoms with Crippen molar-refractivity contribution >= 4 is 17.5 Å². The predicted octanol–water partition coefficient (Wildman–Crippen LogP) is 4.37. The number of nitrogens with one attached hydrogen (secondary N) is 1. The highest BCUT2D eigenvalue weighted by Crippen LogP contribution is 2.29. The lowest BCUT2D eigenvalue weighted by Crippen LogP contribution is -2.38. The van der Waals surface area contributed by atoms with Gasteiger partial charge in [0.05, 0.1) is 18.5 Å². The van der Waals surface area contributed by atoms with Crippen molar-refractivity contribution in [3.63, 3.8) is 0 Å². The van der Waals surface area contributed by atoms with Gasteiger partial charge in [0.25, 0.3) is 5.91 Å². The van der Waals surface area contributed by atoms with E-state index in [4.69, 9.17) is 4.42 Å². The third kappa shape index (κ3) is 4.47. The average molecular weight is 458 g/mol. The molecule has 34 heavy (non-hydrogen) atoms. The van der Waals surface area contributed by atoms with Crippen LogP contribution in [0.3, 0.4) is 0 Å². The van der Waals surface area contributed by atoms with Gasteiger partial charge in [-0.05, 0) is 67.8 Å². The summed E-state index contributed by atoms with van der Waals surface area (Å²) in [4.78, 5) is 27.9. The van der Waals surface area contributed by atoms with Gasteiger partial charge in [0, 0.05) is 16.9 Å². The van der Waals surface area contributed by atoms with Gasteiger partial charge in [-0.15, -0.1) is 0 Å². The minimum atomic E-state index is -0.348. The number of carbonyl (C=O) groups is 2. The topological polar surface area (TPSA) is 80.4 Å². The van der Waals surface area contributed by atoms with Crippen molar-refractivity contribution < 1.29 is 18.4 Å². The molecule has 0 fully saturated rings. The van der Waals surface area contributed by atoms with Crippen molar-refractivity contribution in [1.29, 1.82) is 0 Å². The second-order valence-corrected chi connectivity index (χ2v) is 8.17. The van der Waals surface area contributed by atoms with Gasteiger partial charge in [0.15, 0.2) is 5.69 Å². The Labute approximate surface area is 195 Å². The number of anilines is 1. The van der Waals surface area contributed by atoms with E-state index in [0.29, 0.717) is 22.8 Å². The van der Waals surface area contributed by atoms with E-state index in [-0.39, 0.29) is 30.7 Å². The van der Waals surface area contributed by atoms with Gasteiger partial charge in [-0.3, -0.25) is 9.59 Å². The second kappa shape index (κ2) is 9.35. The zero-order chi connectivity index (χ0) is 23.5. The summed E-state index contributed by atoms with van der Waals surface area (Å²) in [6.45, 7) is -0.0289. The van der Waals surface area contributed by atoms with Crippen LogP contribution in [0.25, 0.3) is 5.69 Å². The maximum absolute atomic E-state index is 13.7. The lowest BCUT2D eigenvalue weighted by Gasteiger charge is -2.21. The summed E-state index contributed by atoms with van der Waals surface area (Å²) in [5.41, 5.74) is 3.48. The molecule has 2 amide bonds. The molecular weight excluding hydrogens is 435 g/mol. The Morgan fingerprint density at radius 1 is 1.03 bits per heavy atom. The van der Waals surface area contributed by atoms with E-state index in [2.05, 4.69) is 10.4 Å². The number of hydrogen-bond donors (Lipinski definition) is 1. The summed E-state index contributed by atoms with van der Waals surface area (Å²) in [5.74, 6) is -0.437. The number of carbonyl (C=O) groups excluding carboxylic acids is 2. The summed E-state index contributed by atoms with van der Waals surface area (Å²) in [5, 5.41) is 7.44. The molecule has 0 bridgehead atoms. The number of benzene rings is 2. The number of furan rings is 1. The first kappa shape index (κ1) is 21.6. The molecule has 5 rings (SSSR count). The first-order valence-electron chi connectivity index (χ1n) is 11.1. The van der Waals surface area contributed by atoms with Gasteiger partial charge in [0.1, 0.15) is 18.1 Å². The quantitative estimate of drug-likeness (QED) is 0.446. The maximum atomic E-state index is 13.7. The fourth-order valence-corrected chi connectivity index (χ4v) is 4.24. The van der Waals surface area contributed by atoms with Crippen molar-refractivity contribution in [2.45, 2.75) is 25.8 Å². The molecule has 2 heterocycles. The zero-order valence-electron chi connectivity index (χ0n) is 18.4. The molecule has 4 aromatic rings. The zero-order valence-corrected chi connectivity index (χ0v) is 18.4. The van der Waals surface area contributed by atoms with Crippen molar-refractivity contribution in [3.8, 4) is 5.69 Å². The highest BCUT2D eigenvalue weighted by molar-refractivity contribution is 5.99. The highest BCUT2D eigenvalue weighted by Gasteiger charge is 2.31. The number of aromatic nitrogens is 2. The molecule has 0 saturated heterocycles. The molecular formula is C26H23FN4O3. The van der Waals surface area contributed by atoms with Crippen LogP contribution >= 0.6 is 0 Å². The molecule has 0 unspecified atom stereocenters. The van der Waals surface area contributed by atoms with Crippen LogP contribution < -0.4 is 5.32 Å². The number of halogens is 1. The molecule has 1 N–H and O–H groups in total. The van der Waals surface area contributed by atoms with Gasteiger partial charge < -0.3 is 14.6 Å². The average Bonchev–Trinajstić information content (AvgIpc) is 3.58. The van der Waals surface area contributed by atoms with E-state index < -0.39 is 0 Å². The van der Waals surface area contributed by atoms with Crippen LogP contribution in [0.1, 0.15) is 33.9 Å². The van der Waals surface area contributed by atoms with Crippen LogP contribution in [0.2, 0.25) is 0 Å². The normalized spacial score (nSPS) is 12.4. The Hall–Kier alpha value is -4.20. The molecule has 0 aliphatic heterocycles. The molecule has 1 aliphatic carbocycles. The standard InChI is InChI=1S/C26H23FN4O3/c27-18-11-13-20(14-12-18)31-23-10-4-9-22(23)25(29-31)26(33)30(16-21-8-5-15-34-21)17-24(32)28-19-6-2-1-3-7-19/h1-3,5-8,11-15H,4,9-10,16-17H2,(H,28,32). The number of hydrogen-bond acceptors (Lipinski definition) is 4. The van der Waals surface area contributed by atoms with Gasteiger partial charge in [-0.25, -0.2) is 9.07 Å². The summed E-state index contributed by atoms with van der Waals surface area (Å²) in [6, 6.07) is 18.6. The smallest absolute Gasteiger partial charge is 0.275 e. The Morgan fingerprint density at radius 2 is 1.82 bits per heavy atom. The van der Waals surface area contributed by atoms with E-state index in [1.165, 1.54) is 23.3 Å². The molecule has 2 aromatic heterocycles. The highest BCUT2D eigenvalue weighted by atomic mass is 19.1. The molecule has 0 spiro atoms. The van der Waals surface area contributed by atoms with Gasteiger partial charge in [-0.1, -0.05) is 18.2 Å². The van der Waals surface area contributed by atoms with Gasteiger partial charge in [-0.2, -0.15) is 5.10 Å². The predicted molar refractivity (Wildman–Crippen MR) is 124 cm³/mol. The van der Waals surface area contributed by atoms with Crippen LogP contribution in [0, 0.1) is 5.82 Å². The molecule has 7 nitrogen and oxygen atoms in total. The lowest BCUT2D eigenvalue weighted by molar-refractivity contribution is -0.117. The first-order chi connectivity index (χ1) is 16.6. The van der Waals surface area contributed by atoms with Crippen LogP contribution in [0.5, 0.6) is 0 Å². The van der Waals surface area contributed by atoms with Crippen molar-refractivity contribution in [1.82, 2.24) is 14.7 Å². The largest absolute Gasteiger partial charge is 0.467 e. The van der Waals surface area contributed by atoms with Crippen LogP contribution in [-0.2, 0) is 24.2 Å². The summed E-state index contributed by atoms with van der Waals surface area (Å²) >= 11 is 0. The lowest BCUT2D eigenvalue weighted by atomic mass is 10.1. The third-order valence-electron chi connectivity index (χ3n) is 5.81. The Balaban J connectivity index is 1.44. The number of amides is 2. The third-order valence-corrected chi connectivity index (χ3v) is 5.81. The van der Waals surface area contributed by atoms with Crippen LogP contribution in [-0.4, -0.2) is 33.0 Å². The minimum absolute atomic E-state index is 0.131. The summed E-state index contributed by atoms with van der Waals surface area (Å²) in [7, 11) is 0. The first-order valence-corrected chi connectivity index (χ1v) is 11.1. The fourth-order valence-electron chi connectivity index (χ4n) is 4.24. The second-order valence-electron chi connectivity index (χ2n) is 8.17. The number of nitrogens with zero attached hydrogens (tertiary/aromatic N) is 3. The number of para-hydroxylation sites is 1. The molecule has 2 aromatic carbocycles. The molecule has 0 atom stereocenters. The van der Waals surface area contributed by atoms with Crippen LogP contribution in [0.15, 0.2) is 77.4 Å². The Kier molecular flexibility index (Phi) is 5.95. The van der Waals surface area contributed by atoms with Gasteiger partial charge >= 0.3 is 0 Å². The minimum Gasteiger partial charge on any atom is -0.467 e. The number of rotatable bonds is 7. The van der Waals surface area contributed by atoms with E-state index in [1.807, 2.05) is 18.2 Å². The molecule has 1 aliphatic rings. The van der Waals surface area contributed by atoms with Crippen LogP contribution in [0.4, 0.5) is 10.1 Å². The van der Waals surface area contributed by atoms with Crippen molar-refractivity contribution in [3.05, 3.63) is 102 Å². The number of fused-ring (bicyclic) bond motifs is 1. The molecule has 172 valence electrons. The SMILES string of the molecule is O=C(CN(Cc1ccco1)C(=O)c1nn(-c2ccc(F)cc2)c2c1CCC2)Nc1ccccc1. The van der Waals surface area contributed by atoms with E-state index in [1.54, 1.807) is 41.1 Å². The maximum Gasteiger partial charge on any atom is 0.275 e. The Bertz CT molecular complexity index is 1300. The van der Waals surface area contributed by atoms with Gasteiger partial charge in [0.2, 0.25) is 5.91 Å². The Morgan fingerprint density at radius 3 is 2.56 bits per heavy atom. The van der Waals surface area contributed by atoms with Crippen molar-refractivity contribution in [2.75, 3.05) is 11.9 Å². The van der Waals surface area contributed by atoms with E-state index in [9.17, 15) is 14.0 Å². The molecule has 0 radical (unpaired) electrons. The molecule has 8 heteroatoms. The van der Waals surface area contributed by atoms with E-state index in [0.717, 1.165) is 30.5 Å². The fraction of sp³-hybridized carbons (Fsp3) is 0.192. The monoisotopic (exact) mass is 458 g/mol. The van der Waals surface area contributed by atoms with Crippen molar-refractivity contribution in [2.24, 2.45) is 0 Å². The molecule has 0 saturated carbocycles. The summed E-state index contributed by atoms with van der Waals surface area (Å²) in [6.07, 6.45) is 3.94. The summed E-state index contributed by atoms with van der Waals surface area (Å²) < 4.78 is 20.6. The van der Waals surface area contributed by atoms with E-state index >= 15 is 0 Å².